The van der Waals surface area contributed by atoms with Crippen LogP contribution in [0, 0.1) is 11.3 Å². The number of nitrogens with one attached hydrogen (secondary N) is 1. The Morgan fingerprint density at radius 1 is 1.27 bits per heavy atom. The molecule has 1 aliphatic heterocycles. The van der Waals surface area contributed by atoms with E-state index in [4.69, 9.17) is 4.74 Å². The van der Waals surface area contributed by atoms with Crippen LogP contribution < -0.4 is 5.32 Å². The molecular formula is C13H27NO. The minimum absolute atomic E-state index is 0.490. The Hall–Kier alpha value is -0.0800. The van der Waals surface area contributed by atoms with E-state index in [1.807, 2.05) is 0 Å². The zero-order valence-electron chi connectivity index (χ0n) is 10.6. The Kier molecular flexibility index (Phi) is 5.62. The monoisotopic (exact) mass is 213 g/mol. The van der Waals surface area contributed by atoms with E-state index >= 15 is 0 Å². The molecule has 0 bridgehead atoms. The first-order valence-corrected chi connectivity index (χ1v) is 6.42. The normalized spacial score (nSPS) is 19.4. The molecule has 2 nitrogen and oxygen atoms in total. The van der Waals surface area contributed by atoms with Gasteiger partial charge >= 0.3 is 0 Å². The third-order valence-corrected chi connectivity index (χ3v) is 3.41. The molecule has 2 heteroatoms. The number of hydrogen-bond donors (Lipinski definition) is 1. The molecule has 0 aromatic rings. The average Bonchev–Trinajstić information content (AvgIpc) is 2.18. The molecule has 1 saturated heterocycles. The lowest BCUT2D eigenvalue weighted by atomic mass is 9.77. The molecule has 90 valence electrons. The second-order valence-electron chi connectivity index (χ2n) is 5.53. The molecule has 0 radical (unpaired) electrons. The Labute approximate surface area is 94.8 Å². The third kappa shape index (κ3) is 5.53. The molecule has 0 aromatic carbocycles. The molecule has 0 saturated carbocycles. The largest absolute Gasteiger partial charge is 0.381 e. The molecule has 1 N–H and O–H groups in total. The van der Waals surface area contributed by atoms with Crippen LogP contribution in [0.4, 0.5) is 0 Å². The Morgan fingerprint density at radius 3 is 2.53 bits per heavy atom. The van der Waals surface area contributed by atoms with Crippen LogP contribution in [-0.2, 0) is 4.74 Å². The number of ether oxygens (including phenoxy) is 1. The predicted octanol–water partition coefficient (Wildman–Crippen LogP) is 2.83. The molecule has 0 unspecified atom stereocenters. The predicted molar refractivity (Wildman–Crippen MR) is 65.1 cm³/mol. The summed E-state index contributed by atoms with van der Waals surface area (Å²) in [5, 5.41) is 3.42. The van der Waals surface area contributed by atoms with Gasteiger partial charge in [0.25, 0.3) is 0 Å². The van der Waals surface area contributed by atoms with Gasteiger partial charge in [-0.3, -0.25) is 0 Å². The fourth-order valence-electron chi connectivity index (χ4n) is 2.44. The van der Waals surface area contributed by atoms with Crippen LogP contribution in [-0.4, -0.2) is 26.3 Å². The molecule has 1 rings (SSSR count). The summed E-state index contributed by atoms with van der Waals surface area (Å²) >= 11 is 0. The highest BCUT2D eigenvalue weighted by atomic mass is 16.5. The van der Waals surface area contributed by atoms with E-state index in [0.717, 1.165) is 32.2 Å². The summed E-state index contributed by atoms with van der Waals surface area (Å²) in [7, 11) is 0. The summed E-state index contributed by atoms with van der Waals surface area (Å²) in [5.74, 6) is 0.898. The summed E-state index contributed by atoms with van der Waals surface area (Å²) in [5.41, 5.74) is 0.490. The Bertz CT molecular complexity index is 162. The van der Waals surface area contributed by atoms with Gasteiger partial charge < -0.3 is 10.1 Å². The lowest BCUT2D eigenvalue weighted by molar-refractivity contribution is 0.0502. The van der Waals surface area contributed by atoms with E-state index in [0.29, 0.717) is 5.41 Å². The SMILES string of the molecule is CCNCCC(C)(C)CC1CCOCC1. The van der Waals surface area contributed by atoms with Crippen LogP contribution in [0.25, 0.3) is 0 Å². The topological polar surface area (TPSA) is 21.3 Å². The van der Waals surface area contributed by atoms with Crippen LogP contribution in [0.2, 0.25) is 0 Å². The zero-order valence-corrected chi connectivity index (χ0v) is 10.6. The highest BCUT2D eigenvalue weighted by molar-refractivity contribution is 4.76. The molecular weight excluding hydrogens is 186 g/mol. The van der Waals surface area contributed by atoms with Crippen molar-refractivity contribution in [1.29, 1.82) is 0 Å². The van der Waals surface area contributed by atoms with Crippen LogP contribution >= 0.6 is 0 Å². The summed E-state index contributed by atoms with van der Waals surface area (Å²) in [6.07, 6.45) is 5.19. The van der Waals surface area contributed by atoms with Gasteiger partial charge in [0.05, 0.1) is 0 Å². The summed E-state index contributed by atoms with van der Waals surface area (Å²) in [6.45, 7) is 11.2. The lowest BCUT2D eigenvalue weighted by Crippen LogP contribution is -2.26. The molecule has 1 heterocycles. The van der Waals surface area contributed by atoms with E-state index in [1.54, 1.807) is 0 Å². The van der Waals surface area contributed by atoms with Gasteiger partial charge in [0, 0.05) is 13.2 Å². The van der Waals surface area contributed by atoms with Crippen molar-refractivity contribution in [3.8, 4) is 0 Å². The first-order chi connectivity index (χ1) is 7.14. The van der Waals surface area contributed by atoms with Gasteiger partial charge in [0.15, 0.2) is 0 Å². The standard InChI is InChI=1S/C13H27NO/c1-4-14-8-7-13(2,3)11-12-5-9-15-10-6-12/h12,14H,4-11H2,1-3H3. The second-order valence-corrected chi connectivity index (χ2v) is 5.53. The fourth-order valence-corrected chi connectivity index (χ4v) is 2.44. The van der Waals surface area contributed by atoms with Crippen molar-refractivity contribution in [2.45, 2.75) is 46.5 Å². The van der Waals surface area contributed by atoms with Crippen LogP contribution in [0.5, 0.6) is 0 Å². The van der Waals surface area contributed by atoms with Gasteiger partial charge in [-0.2, -0.15) is 0 Å². The maximum Gasteiger partial charge on any atom is 0.0468 e. The summed E-state index contributed by atoms with van der Waals surface area (Å²) in [6, 6.07) is 0. The van der Waals surface area contributed by atoms with Crippen LogP contribution in [0.3, 0.4) is 0 Å². The van der Waals surface area contributed by atoms with E-state index < -0.39 is 0 Å². The molecule has 1 aliphatic rings. The quantitative estimate of drug-likeness (QED) is 0.685. The van der Waals surface area contributed by atoms with Crippen molar-refractivity contribution in [3.05, 3.63) is 0 Å². The van der Waals surface area contributed by atoms with Gasteiger partial charge in [-0.05, 0) is 50.1 Å². The fraction of sp³-hybridized carbons (Fsp3) is 1.00. The van der Waals surface area contributed by atoms with Crippen molar-refractivity contribution >= 4 is 0 Å². The average molecular weight is 213 g/mol. The third-order valence-electron chi connectivity index (χ3n) is 3.41. The highest BCUT2D eigenvalue weighted by Gasteiger charge is 2.24. The number of rotatable bonds is 6. The van der Waals surface area contributed by atoms with Crippen molar-refractivity contribution < 1.29 is 4.74 Å². The van der Waals surface area contributed by atoms with Gasteiger partial charge in [0.2, 0.25) is 0 Å². The highest BCUT2D eigenvalue weighted by Crippen LogP contribution is 2.33. The minimum atomic E-state index is 0.490. The molecule has 0 atom stereocenters. The smallest absolute Gasteiger partial charge is 0.0468 e. The molecule has 1 fully saturated rings. The van der Waals surface area contributed by atoms with E-state index in [1.165, 1.54) is 25.7 Å². The van der Waals surface area contributed by atoms with Gasteiger partial charge in [-0.1, -0.05) is 20.8 Å². The Morgan fingerprint density at radius 2 is 1.93 bits per heavy atom. The van der Waals surface area contributed by atoms with Gasteiger partial charge in [-0.15, -0.1) is 0 Å². The van der Waals surface area contributed by atoms with Crippen LogP contribution in [0.1, 0.15) is 46.5 Å². The van der Waals surface area contributed by atoms with Crippen molar-refractivity contribution in [1.82, 2.24) is 5.32 Å². The summed E-state index contributed by atoms with van der Waals surface area (Å²) in [4.78, 5) is 0. The molecule has 0 spiro atoms. The van der Waals surface area contributed by atoms with Crippen LogP contribution in [0.15, 0.2) is 0 Å². The first-order valence-electron chi connectivity index (χ1n) is 6.42. The molecule has 0 amide bonds. The van der Waals surface area contributed by atoms with E-state index in [-0.39, 0.29) is 0 Å². The van der Waals surface area contributed by atoms with Crippen molar-refractivity contribution in [2.24, 2.45) is 11.3 Å². The Balaban J connectivity index is 2.20. The second kappa shape index (κ2) is 6.49. The summed E-state index contributed by atoms with van der Waals surface area (Å²) < 4.78 is 5.40. The van der Waals surface area contributed by atoms with Gasteiger partial charge in [-0.25, -0.2) is 0 Å². The number of hydrogen-bond acceptors (Lipinski definition) is 2. The van der Waals surface area contributed by atoms with E-state index in [2.05, 4.69) is 26.1 Å². The van der Waals surface area contributed by atoms with Crippen molar-refractivity contribution in [3.63, 3.8) is 0 Å². The van der Waals surface area contributed by atoms with Gasteiger partial charge in [0.1, 0.15) is 0 Å². The van der Waals surface area contributed by atoms with Crippen molar-refractivity contribution in [2.75, 3.05) is 26.3 Å². The minimum Gasteiger partial charge on any atom is -0.381 e. The molecule has 0 aromatic heterocycles. The van der Waals surface area contributed by atoms with E-state index in [9.17, 15) is 0 Å². The maximum atomic E-state index is 5.40. The maximum absolute atomic E-state index is 5.40. The molecule has 0 aliphatic carbocycles. The lowest BCUT2D eigenvalue weighted by Gasteiger charge is -2.32. The molecule has 15 heavy (non-hydrogen) atoms. The zero-order chi connectivity index (χ0) is 11.1. The first kappa shape index (κ1) is 13.0.